The Kier molecular flexibility index (Phi) is 4.70. The van der Waals surface area contributed by atoms with Crippen molar-refractivity contribution in [1.82, 2.24) is 20.4 Å². The first-order chi connectivity index (χ1) is 13.1. The van der Waals surface area contributed by atoms with Crippen molar-refractivity contribution in [3.8, 4) is 0 Å². The predicted molar refractivity (Wildman–Crippen MR) is 98.3 cm³/mol. The Labute approximate surface area is 156 Å². The second-order valence-corrected chi connectivity index (χ2v) is 6.95. The molecule has 0 bridgehead atoms. The Bertz CT molecular complexity index is 836. The van der Waals surface area contributed by atoms with Crippen LogP contribution in [0.4, 0.5) is 9.59 Å². The predicted octanol–water partition coefficient (Wildman–Crippen LogP) is 2.02. The number of urea groups is 2. The van der Waals surface area contributed by atoms with E-state index >= 15 is 0 Å². The molecule has 2 fully saturated rings. The Morgan fingerprint density at radius 3 is 2.67 bits per heavy atom. The molecule has 0 atom stereocenters. The normalized spacial score (nSPS) is 18.0. The number of hydrogen-bond acceptors (Lipinski definition) is 4. The van der Waals surface area contributed by atoms with E-state index in [9.17, 15) is 14.4 Å². The maximum atomic E-state index is 12.7. The SMILES string of the molecule is O=C(c1cc2ccccc2o1)N1CCC(CNC(=O)N2CCNC2=O)CC1. The number of rotatable bonds is 3. The zero-order valence-electron chi connectivity index (χ0n) is 14.9. The molecule has 142 valence electrons. The highest BCUT2D eigenvalue weighted by Gasteiger charge is 2.28. The number of hydrogen-bond donors (Lipinski definition) is 2. The van der Waals surface area contributed by atoms with E-state index in [-0.39, 0.29) is 18.0 Å². The Balaban J connectivity index is 1.27. The van der Waals surface area contributed by atoms with Gasteiger partial charge < -0.3 is 20.0 Å². The van der Waals surface area contributed by atoms with Gasteiger partial charge in [-0.05, 0) is 30.9 Å². The van der Waals surface area contributed by atoms with Gasteiger partial charge in [0.25, 0.3) is 5.91 Å². The number of nitrogens with one attached hydrogen (secondary N) is 2. The topological polar surface area (TPSA) is 94.9 Å². The quantitative estimate of drug-likeness (QED) is 0.864. The van der Waals surface area contributed by atoms with Gasteiger partial charge in [0.15, 0.2) is 5.76 Å². The van der Waals surface area contributed by atoms with Crippen LogP contribution < -0.4 is 10.6 Å². The average Bonchev–Trinajstić information content (AvgIpc) is 3.32. The zero-order valence-corrected chi connectivity index (χ0v) is 14.9. The Morgan fingerprint density at radius 2 is 1.96 bits per heavy atom. The minimum Gasteiger partial charge on any atom is -0.451 e. The second kappa shape index (κ2) is 7.30. The lowest BCUT2D eigenvalue weighted by molar-refractivity contribution is 0.0660. The minimum atomic E-state index is -0.356. The molecule has 0 radical (unpaired) electrons. The van der Waals surface area contributed by atoms with Gasteiger partial charge in [-0.2, -0.15) is 0 Å². The number of amides is 5. The number of imide groups is 1. The molecule has 2 aliphatic heterocycles. The van der Waals surface area contributed by atoms with Crippen molar-refractivity contribution in [2.75, 3.05) is 32.7 Å². The third-order valence-corrected chi connectivity index (χ3v) is 5.18. The highest BCUT2D eigenvalue weighted by molar-refractivity contribution is 5.96. The van der Waals surface area contributed by atoms with Gasteiger partial charge in [0, 0.05) is 38.1 Å². The summed E-state index contributed by atoms with van der Waals surface area (Å²) in [6, 6.07) is 8.64. The molecule has 4 rings (SSSR count). The molecule has 0 spiro atoms. The number of likely N-dealkylation sites (tertiary alicyclic amines) is 1. The van der Waals surface area contributed by atoms with Crippen LogP contribution in [0.5, 0.6) is 0 Å². The van der Waals surface area contributed by atoms with E-state index in [4.69, 9.17) is 4.42 Å². The molecule has 2 N–H and O–H groups in total. The zero-order chi connectivity index (χ0) is 18.8. The summed E-state index contributed by atoms with van der Waals surface area (Å²) in [7, 11) is 0. The first kappa shape index (κ1) is 17.4. The lowest BCUT2D eigenvalue weighted by atomic mass is 9.96. The number of carbonyl (C=O) groups is 3. The summed E-state index contributed by atoms with van der Waals surface area (Å²) < 4.78 is 5.66. The van der Waals surface area contributed by atoms with E-state index in [1.165, 1.54) is 4.90 Å². The van der Waals surface area contributed by atoms with Crippen molar-refractivity contribution >= 4 is 28.9 Å². The van der Waals surface area contributed by atoms with E-state index < -0.39 is 0 Å². The highest BCUT2D eigenvalue weighted by atomic mass is 16.3. The first-order valence-electron chi connectivity index (χ1n) is 9.23. The van der Waals surface area contributed by atoms with Crippen LogP contribution in [0, 0.1) is 5.92 Å². The average molecular weight is 370 g/mol. The van der Waals surface area contributed by atoms with E-state index in [0.717, 1.165) is 18.2 Å². The van der Waals surface area contributed by atoms with Gasteiger partial charge in [-0.3, -0.25) is 4.79 Å². The highest BCUT2D eigenvalue weighted by Crippen LogP contribution is 2.23. The summed E-state index contributed by atoms with van der Waals surface area (Å²) in [6.07, 6.45) is 1.61. The summed E-state index contributed by atoms with van der Waals surface area (Å²) in [5.74, 6) is 0.560. The molecule has 3 heterocycles. The number of carbonyl (C=O) groups excluding carboxylic acids is 3. The van der Waals surface area contributed by atoms with Crippen molar-refractivity contribution in [3.05, 3.63) is 36.1 Å². The van der Waals surface area contributed by atoms with Crippen molar-refractivity contribution in [2.45, 2.75) is 12.8 Å². The van der Waals surface area contributed by atoms with Crippen LogP contribution in [0.1, 0.15) is 23.4 Å². The molecule has 2 saturated heterocycles. The second-order valence-electron chi connectivity index (χ2n) is 6.95. The molecular formula is C19H22N4O4. The van der Waals surface area contributed by atoms with Gasteiger partial charge in [0.05, 0.1) is 0 Å². The Hall–Kier alpha value is -3.03. The third kappa shape index (κ3) is 3.60. The van der Waals surface area contributed by atoms with Crippen LogP contribution in [-0.4, -0.2) is 60.5 Å². The number of piperidine rings is 1. The summed E-state index contributed by atoms with van der Waals surface area (Å²) >= 11 is 0. The number of para-hydroxylation sites is 1. The van der Waals surface area contributed by atoms with Gasteiger partial charge in [0.2, 0.25) is 0 Å². The molecule has 1 aromatic carbocycles. The molecule has 0 unspecified atom stereocenters. The molecule has 5 amide bonds. The lowest BCUT2D eigenvalue weighted by Gasteiger charge is -2.31. The molecule has 0 aliphatic carbocycles. The first-order valence-corrected chi connectivity index (χ1v) is 9.23. The van der Waals surface area contributed by atoms with E-state index in [1.54, 1.807) is 11.0 Å². The number of fused-ring (bicyclic) bond motifs is 1. The molecule has 8 heteroatoms. The van der Waals surface area contributed by atoms with Crippen molar-refractivity contribution in [3.63, 3.8) is 0 Å². The van der Waals surface area contributed by atoms with E-state index in [2.05, 4.69) is 10.6 Å². The van der Waals surface area contributed by atoms with Gasteiger partial charge in [0.1, 0.15) is 5.58 Å². The fourth-order valence-corrected chi connectivity index (χ4v) is 3.58. The van der Waals surface area contributed by atoms with Crippen LogP contribution in [0.3, 0.4) is 0 Å². The van der Waals surface area contributed by atoms with Crippen molar-refractivity contribution in [2.24, 2.45) is 5.92 Å². The standard InChI is InChI=1S/C19H22N4O4/c24-17(16-11-14-3-1-2-4-15(14)27-16)22-8-5-13(6-9-22)12-21-19(26)23-10-7-20-18(23)25/h1-4,11,13H,5-10,12H2,(H,20,25)(H,21,26). The van der Waals surface area contributed by atoms with E-state index in [0.29, 0.717) is 50.0 Å². The van der Waals surface area contributed by atoms with E-state index in [1.807, 2.05) is 24.3 Å². The smallest absolute Gasteiger partial charge is 0.325 e. The lowest BCUT2D eigenvalue weighted by Crippen LogP contribution is -2.45. The number of benzene rings is 1. The fourth-order valence-electron chi connectivity index (χ4n) is 3.58. The van der Waals surface area contributed by atoms with Crippen LogP contribution in [0.15, 0.2) is 34.7 Å². The van der Waals surface area contributed by atoms with Crippen LogP contribution in [0.25, 0.3) is 11.0 Å². The molecule has 0 saturated carbocycles. The summed E-state index contributed by atoms with van der Waals surface area (Å²) in [6.45, 7) is 2.65. The summed E-state index contributed by atoms with van der Waals surface area (Å²) in [5, 5.41) is 6.35. The van der Waals surface area contributed by atoms with Crippen LogP contribution in [0.2, 0.25) is 0 Å². The summed E-state index contributed by atoms with van der Waals surface area (Å²) in [5.41, 5.74) is 0.712. The molecule has 8 nitrogen and oxygen atoms in total. The molecule has 27 heavy (non-hydrogen) atoms. The monoisotopic (exact) mass is 370 g/mol. The maximum Gasteiger partial charge on any atom is 0.325 e. The fraction of sp³-hybridized carbons (Fsp3) is 0.421. The largest absolute Gasteiger partial charge is 0.451 e. The summed E-state index contributed by atoms with van der Waals surface area (Å²) in [4.78, 5) is 39.1. The number of nitrogens with zero attached hydrogens (tertiary/aromatic N) is 2. The molecule has 1 aromatic heterocycles. The van der Waals surface area contributed by atoms with Crippen molar-refractivity contribution < 1.29 is 18.8 Å². The van der Waals surface area contributed by atoms with Crippen LogP contribution >= 0.6 is 0 Å². The van der Waals surface area contributed by atoms with Gasteiger partial charge in [-0.15, -0.1) is 0 Å². The molecular weight excluding hydrogens is 348 g/mol. The van der Waals surface area contributed by atoms with Crippen molar-refractivity contribution in [1.29, 1.82) is 0 Å². The third-order valence-electron chi connectivity index (χ3n) is 5.18. The Morgan fingerprint density at radius 1 is 1.19 bits per heavy atom. The van der Waals surface area contributed by atoms with Gasteiger partial charge in [-0.1, -0.05) is 18.2 Å². The van der Waals surface area contributed by atoms with Crippen LogP contribution in [-0.2, 0) is 0 Å². The minimum absolute atomic E-state index is 0.0950. The molecule has 2 aliphatic rings. The number of furan rings is 1. The van der Waals surface area contributed by atoms with Gasteiger partial charge in [-0.25, -0.2) is 14.5 Å². The molecule has 2 aromatic rings. The van der Waals surface area contributed by atoms with Gasteiger partial charge >= 0.3 is 12.1 Å². The maximum absolute atomic E-state index is 12.7.